The maximum atomic E-state index is 11.7. The Morgan fingerprint density at radius 2 is 0.847 bits per heavy atom. The normalized spacial score (nSPS) is 11.2. The number of para-hydroxylation sites is 2. The van der Waals surface area contributed by atoms with Crippen LogP contribution >= 0.6 is 0 Å². The van der Waals surface area contributed by atoms with Crippen molar-refractivity contribution in [3.05, 3.63) is 166 Å². The Morgan fingerprint density at radius 1 is 0.525 bits per heavy atom. The van der Waals surface area contributed by atoms with Gasteiger partial charge in [0.2, 0.25) is 11.8 Å². The van der Waals surface area contributed by atoms with Gasteiger partial charge in [-0.1, -0.05) is 84.9 Å². The van der Waals surface area contributed by atoms with Gasteiger partial charge in [0.1, 0.15) is 0 Å². The maximum Gasteiger partial charge on any atom is 0.337 e. The minimum atomic E-state index is -1.06. The number of aryl methyl sites for hydroxylation is 4. The van der Waals surface area contributed by atoms with Crippen LogP contribution in [-0.4, -0.2) is 64.4 Å². The van der Waals surface area contributed by atoms with Gasteiger partial charge >= 0.3 is 11.9 Å². The van der Waals surface area contributed by atoms with Gasteiger partial charge in [-0.15, -0.1) is 0 Å². The molecule has 8 rings (SSSR count). The molecular weight excluding hydrogens is 791 g/mol. The van der Waals surface area contributed by atoms with E-state index in [2.05, 4.69) is 20.2 Å². The van der Waals surface area contributed by atoms with E-state index < -0.39 is 11.9 Å². The van der Waals surface area contributed by atoms with E-state index in [1.807, 2.05) is 111 Å². The fraction of sp³-hybridized carbons (Fsp3) is 0.0870. The summed E-state index contributed by atoms with van der Waals surface area (Å²) in [5, 5.41) is 52.8. The molecule has 13 heteroatoms. The number of hydrogen-bond donors (Lipinski definition) is 4. The zero-order chi connectivity index (χ0) is 41.1. The predicted octanol–water partition coefficient (Wildman–Crippen LogP) is 9.59. The van der Waals surface area contributed by atoms with Crippen molar-refractivity contribution in [2.75, 3.05) is 0 Å². The number of carbonyl (C=O) groups is 2. The van der Waals surface area contributed by atoms with E-state index in [1.54, 1.807) is 38.1 Å². The van der Waals surface area contributed by atoms with Crippen LogP contribution < -0.4 is 0 Å². The van der Waals surface area contributed by atoms with Gasteiger partial charge in [0.25, 0.3) is 0 Å². The van der Waals surface area contributed by atoms with Crippen LogP contribution in [0.5, 0.6) is 11.8 Å². The SMILES string of the molecule is Cc1ccccc1-n1nc(C)c(C=Nc2cc3ccccc3cc2C(=O)O)c1O.Cc1ccccc1-n1nc(C)c(C=Nc2cc3ccccc3cc2C(=O)O)c1O.[Co]. The number of rotatable bonds is 8. The number of aromatic hydroxyl groups is 2. The third-order valence-corrected chi connectivity index (χ3v) is 9.70. The second kappa shape index (κ2) is 17.4. The van der Waals surface area contributed by atoms with Crippen molar-refractivity contribution in [3.8, 4) is 23.1 Å². The summed E-state index contributed by atoms with van der Waals surface area (Å²) < 4.78 is 2.93. The van der Waals surface area contributed by atoms with Crippen molar-refractivity contribution in [3.63, 3.8) is 0 Å². The van der Waals surface area contributed by atoms with Crippen molar-refractivity contribution in [2.45, 2.75) is 27.7 Å². The molecule has 2 aromatic heterocycles. The molecule has 0 aliphatic rings. The van der Waals surface area contributed by atoms with Crippen LogP contribution in [0, 0.1) is 27.7 Å². The molecular formula is C46H38CoN6O6. The number of nitrogens with zero attached hydrogens (tertiary/aromatic N) is 6. The zero-order valence-corrected chi connectivity index (χ0v) is 33.4. The minimum absolute atomic E-state index is 0. The smallest absolute Gasteiger partial charge is 0.337 e. The largest absolute Gasteiger partial charge is 0.493 e. The number of aliphatic imine (C=N–C) groups is 2. The summed E-state index contributed by atoms with van der Waals surface area (Å²) >= 11 is 0. The number of fused-ring (bicyclic) bond motifs is 2. The first-order valence-corrected chi connectivity index (χ1v) is 18.2. The second-order valence-electron chi connectivity index (χ2n) is 13.6. The molecule has 0 atom stereocenters. The first-order valence-electron chi connectivity index (χ1n) is 18.2. The molecule has 4 N–H and O–H groups in total. The van der Waals surface area contributed by atoms with Crippen molar-refractivity contribution < 1.29 is 46.8 Å². The van der Waals surface area contributed by atoms with Gasteiger partial charge in [0, 0.05) is 29.2 Å². The van der Waals surface area contributed by atoms with Gasteiger partial charge in [-0.05, 0) is 96.8 Å². The first-order chi connectivity index (χ1) is 27.9. The van der Waals surface area contributed by atoms with Gasteiger partial charge < -0.3 is 20.4 Å². The molecule has 6 aromatic carbocycles. The van der Waals surface area contributed by atoms with Crippen LogP contribution in [0.2, 0.25) is 0 Å². The third-order valence-electron chi connectivity index (χ3n) is 9.70. The molecule has 0 aliphatic carbocycles. The number of hydrogen-bond acceptors (Lipinski definition) is 8. The molecule has 0 bridgehead atoms. The van der Waals surface area contributed by atoms with Crippen molar-refractivity contribution in [2.24, 2.45) is 9.98 Å². The Hall–Kier alpha value is -7.35. The third kappa shape index (κ3) is 8.51. The molecule has 0 unspecified atom stereocenters. The summed E-state index contributed by atoms with van der Waals surface area (Å²) in [6, 6.07) is 36.9. The molecule has 8 aromatic rings. The fourth-order valence-electron chi connectivity index (χ4n) is 6.58. The van der Waals surface area contributed by atoms with Gasteiger partial charge in [0.05, 0.1) is 56.4 Å². The average molecular weight is 830 g/mol. The number of aromatic nitrogens is 4. The number of carboxylic acid groups (broad SMARTS) is 2. The van der Waals surface area contributed by atoms with Crippen molar-refractivity contribution in [1.82, 2.24) is 19.6 Å². The molecule has 0 fully saturated rings. The topological polar surface area (TPSA) is 175 Å². The summed E-state index contributed by atoms with van der Waals surface area (Å²) in [5.74, 6) is -2.20. The van der Waals surface area contributed by atoms with E-state index in [-0.39, 0.29) is 39.7 Å². The van der Waals surface area contributed by atoms with Gasteiger partial charge in [-0.3, -0.25) is 9.98 Å². The Bertz CT molecular complexity index is 2750. The van der Waals surface area contributed by atoms with Crippen molar-refractivity contribution >= 4 is 57.3 Å². The van der Waals surface area contributed by atoms with Crippen molar-refractivity contribution in [1.29, 1.82) is 0 Å². The number of carboxylic acids is 2. The molecule has 0 spiro atoms. The van der Waals surface area contributed by atoms with E-state index in [1.165, 1.54) is 21.8 Å². The molecule has 297 valence electrons. The summed E-state index contributed by atoms with van der Waals surface area (Å²) in [6.45, 7) is 7.42. The van der Waals surface area contributed by atoms with Gasteiger partial charge in [-0.25, -0.2) is 19.0 Å². The van der Waals surface area contributed by atoms with Crippen LogP contribution in [0.1, 0.15) is 54.4 Å². The van der Waals surface area contributed by atoms with Crippen LogP contribution in [0.25, 0.3) is 32.9 Å². The standard InChI is InChI=1S/2C23H19N3O3.Co/c2*1-14-7-3-6-10-21(14)26-22(27)19(15(2)25-26)13-24-20-12-17-9-5-4-8-16(17)11-18(20)23(28)29;/h2*3-13,27H,1-2H3,(H,28,29);. The fourth-order valence-corrected chi connectivity index (χ4v) is 6.58. The Morgan fingerprint density at radius 3 is 1.19 bits per heavy atom. The molecule has 0 amide bonds. The van der Waals surface area contributed by atoms with Gasteiger partial charge in [0.15, 0.2) is 0 Å². The predicted molar refractivity (Wildman–Crippen MR) is 226 cm³/mol. The Balaban J connectivity index is 0.000000195. The second-order valence-corrected chi connectivity index (χ2v) is 13.6. The van der Waals surface area contributed by atoms with Crippen LogP contribution in [-0.2, 0) is 16.8 Å². The first kappa shape index (κ1) is 41.3. The van der Waals surface area contributed by atoms with Crippen LogP contribution in [0.4, 0.5) is 11.4 Å². The molecule has 59 heavy (non-hydrogen) atoms. The summed E-state index contributed by atoms with van der Waals surface area (Å²) in [4.78, 5) is 32.2. The average Bonchev–Trinajstić information content (AvgIpc) is 3.66. The summed E-state index contributed by atoms with van der Waals surface area (Å²) in [7, 11) is 0. The van der Waals surface area contributed by atoms with E-state index in [4.69, 9.17) is 0 Å². The van der Waals surface area contributed by atoms with Crippen LogP contribution in [0.3, 0.4) is 0 Å². The van der Waals surface area contributed by atoms with E-state index >= 15 is 0 Å². The summed E-state index contributed by atoms with van der Waals surface area (Å²) in [5.41, 5.74) is 6.38. The number of benzene rings is 6. The Labute approximate surface area is 349 Å². The zero-order valence-electron chi connectivity index (χ0n) is 32.3. The summed E-state index contributed by atoms with van der Waals surface area (Å²) in [6.07, 6.45) is 2.92. The van der Waals surface area contributed by atoms with E-state index in [9.17, 15) is 30.0 Å². The monoisotopic (exact) mass is 829 g/mol. The molecule has 0 aliphatic heterocycles. The van der Waals surface area contributed by atoms with Crippen LogP contribution in [0.15, 0.2) is 131 Å². The van der Waals surface area contributed by atoms with E-state index in [0.29, 0.717) is 33.9 Å². The van der Waals surface area contributed by atoms with Gasteiger partial charge in [-0.2, -0.15) is 10.2 Å². The number of aromatic carboxylic acids is 2. The molecule has 0 saturated carbocycles. The molecule has 12 nitrogen and oxygen atoms in total. The maximum absolute atomic E-state index is 11.7. The molecule has 1 radical (unpaired) electrons. The van der Waals surface area contributed by atoms with E-state index in [0.717, 1.165) is 44.0 Å². The minimum Gasteiger partial charge on any atom is -0.493 e. The molecule has 0 saturated heterocycles. The quantitative estimate of drug-likeness (QED) is 0.110. The molecule has 2 heterocycles. The Kier molecular flexibility index (Phi) is 12.2.